The van der Waals surface area contributed by atoms with Crippen LogP contribution < -0.4 is 9.47 Å². The van der Waals surface area contributed by atoms with Gasteiger partial charge in [-0.15, -0.1) is 0 Å². The molecule has 172 valence electrons. The molecule has 1 aliphatic carbocycles. The molecule has 33 heavy (non-hydrogen) atoms. The number of hydrogen-bond donors (Lipinski definition) is 0. The summed E-state index contributed by atoms with van der Waals surface area (Å²) in [6, 6.07) is 14.8. The van der Waals surface area contributed by atoms with E-state index in [-0.39, 0.29) is 18.3 Å². The second-order valence-electron chi connectivity index (χ2n) is 7.84. The molecule has 0 bridgehead atoms. The summed E-state index contributed by atoms with van der Waals surface area (Å²) in [5.41, 5.74) is 1.56. The van der Waals surface area contributed by atoms with Gasteiger partial charge in [0.1, 0.15) is 0 Å². The number of aromatic nitrogens is 2. The number of halogens is 3. The summed E-state index contributed by atoms with van der Waals surface area (Å²) in [7, 11) is 1.57. The molecular weight excluding hydrogens is 433 g/mol. The lowest BCUT2D eigenvalue weighted by Crippen LogP contribution is -2.12. The van der Waals surface area contributed by atoms with Crippen molar-refractivity contribution in [2.45, 2.75) is 50.3 Å². The summed E-state index contributed by atoms with van der Waals surface area (Å²) in [4.78, 5) is 3.51. The van der Waals surface area contributed by atoms with E-state index in [2.05, 4.69) is 26.5 Å². The Morgan fingerprint density at radius 3 is 2.52 bits per heavy atom. The van der Waals surface area contributed by atoms with Crippen molar-refractivity contribution in [1.82, 2.24) is 10.1 Å². The van der Waals surface area contributed by atoms with Gasteiger partial charge in [0.05, 0.1) is 19.1 Å². The Bertz CT molecular complexity index is 1130. The van der Waals surface area contributed by atoms with Gasteiger partial charge >= 0.3 is 12.1 Å². The number of alkyl halides is 3. The fourth-order valence-corrected chi connectivity index (χ4v) is 3.77. The first-order valence-corrected chi connectivity index (χ1v) is 10.7. The van der Waals surface area contributed by atoms with Gasteiger partial charge in [-0.2, -0.15) is 18.2 Å². The fraction of sp³-hybridized carbons (Fsp3) is 0.360. The zero-order chi connectivity index (χ0) is 23.3. The number of hydrogen-bond acceptors (Lipinski definition) is 5. The minimum atomic E-state index is -4.70. The average molecular weight is 456 g/mol. The van der Waals surface area contributed by atoms with Crippen LogP contribution in [0.1, 0.15) is 54.4 Å². The van der Waals surface area contributed by atoms with Crippen molar-refractivity contribution in [3.63, 3.8) is 0 Å². The van der Waals surface area contributed by atoms with E-state index < -0.39 is 18.0 Å². The van der Waals surface area contributed by atoms with Crippen LogP contribution in [0.25, 0.3) is 0 Å². The average Bonchev–Trinajstić information content (AvgIpc) is 3.49. The smallest absolute Gasteiger partial charge is 0.471 e. The zero-order valence-corrected chi connectivity index (χ0v) is 18.1. The van der Waals surface area contributed by atoms with E-state index in [0.717, 1.165) is 36.8 Å². The first-order valence-electron chi connectivity index (χ1n) is 10.7. The molecule has 1 unspecified atom stereocenters. The molecule has 0 aliphatic heterocycles. The molecule has 1 heterocycles. The van der Waals surface area contributed by atoms with Gasteiger partial charge in [-0.25, -0.2) is 0 Å². The molecule has 0 amide bonds. The van der Waals surface area contributed by atoms with Crippen LogP contribution >= 0.6 is 0 Å². The van der Waals surface area contributed by atoms with Crippen LogP contribution in [0.5, 0.6) is 11.5 Å². The van der Waals surface area contributed by atoms with Crippen molar-refractivity contribution in [3.05, 3.63) is 71.4 Å². The van der Waals surface area contributed by atoms with Gasteiger partial charge in [0.15, 0.2) is 17.3 Å². The Morgan fingerprint density at radius 1 is 1.09 bits per heavy atom. The van der Waals surface area contributed by atoms with Gasteiger partial charge in [0, 0.05) is 12.0 Å². The van der Waals surface area contributed by atoms with E-state index in [1.54, 1.807) is 13.2 Å². The van der Waals surface area contributed by atoms with Gasteiger partial charge < -0.3 is 14.0 Å². The van der Waals surface area contributed by atoms with E-state index in [1.807, 2.05) is 42.5 Å². The van der Waals surface area contributed by atoms with Crippen molar-refractivity contribution in [1.29, 1.82) is 0 Å². The van der Waals surface area contributed by atoms with Gasteiger partial charge in [-0.05, 0) is 55.5 Å². The molecule has 3 aromatic rings. The molecule has 0 radical (unpaired) electrons. The summed E-state index contributed by atoms with van der Waals surface area (Å²) in [5.74, 6) is 5.52. The molecule has 4 rings (SSSR count). The van der Waals surface area contributed by atoms with Gasteiger partial charge in [-0.3, -0.25) is 0 Å². The molecule has 2 aromatic carbocycles. The molecule has 0 saturated heterocycles. The van der Waals surface area contributed by atoms with Crippen LogP contribution in [-0.4, -0.2) is 23.4 Å². The Labute approximate surface area is 189 Å². The number of nitrogens with zero attached hydrogens (tertiary/aromatic N) is 2. The molecule has 1 aliphatic rings. The van der Waals surface area contributed by atoms with Crippen molar-refractivity contribution >= 4 is 0 Å². The first kappa shape index (κ1) is 22.7. The van der Waals surface area contributed by atoms with Crippen molar-refractivity contribution in [3.8, 4) is 23.3 Å². The van der Waals surface area contributed by atoms with E-state index in [4.69, 9.17) is 9.47 Å². The molecule has 1 fully saturated rings. The quantitative estimate of drug-likeness (QED) is 0.439. The minimum Gasteiger partial charge on any atom is -0.493 e. The van der Waals surface area contributed by atoms with Crippen LogP contribution in [0.4, 0.5) is 13.2 Å². The molecule has 0 N–H and O–H groups in total. The maximum atomic E-state index is 12.9. The lowest BCUT2D eigenvalue weighted by molar-refractivity contribution is -0.159. The highest BCUT2D eigenvalue weighted by molar-refractivity contribution is 5.47. The summed E-state index contributed by atoms with van der Waals surface area (Å²) >= 11 is 0. The van der Waals surface area contributed by atoms with Gasteiger partial charge in [0.25, 0.3) is 0 Å². The normalized spacial score (nSPS) is 15.0. The molecule has 1 aromatic heterocycles. The third-order valence-corrected chi connectivity index (χ3v) is 5.45. The predicted octanol–water partition coefficient (Wildman–Crippen LogP) is 5.80. The van der Waals surface area contributed by atoms with Crippen molar-refractivity contribution in [2.24, 2.45) is 0 Å². The maximum absolute atomic E-state index is 12.9. The summed E-state index contributed by atoms with van der Waals surface area (Å²) < 4.78 is 54.7. The highest BCUT2D eigenvalue weighted by atomic mass is 19.4. The third kappa shape index (κ3) is 5.86. The van der Waals surface area contributed by atoms with Crippen LogP contribution in [0.15, 0.2) is 53.1 Å². The monoisotopic (exact) mass is 456 g/mol. The molecule has 8 heteroatoms. The van der Waals surface area contributed by atoms with Crippen LogP contribution in [0.2, 0.25) is 0 Å². The summed E-state index contributed by atoms with van der Waals surface area (Å²) in [6.45, 7) is 0. The maximum Gasteiger partial charge on any atom is 0.471 e. The first-order chi connectivity index (χ1) is 15.9. The van der Waals surface area contributed by atoms with Crippen molar-refractivity contribution in [2.75, 3.05) is 7.11 Å². The molecule has 1 saturated carbocycles. The van der Waals surface area contributed by atoms with Crippen LogP contribution in [0, 0.1) is 11.8 Å². The van der Waals surface area contributed by atoms with E-state index in [1.165, 1.54) is 0 Å². The molecule has 5 nitrogen and oxygen atoms in total. The Balaban J connectivity index is 1.66. The number of benzene rings is 2. The van der Waals surface area contributed by atoms with E-state index in [0.29, 0.717) is 11.5 Å². The summed E-state index contributed by atoms with van der Waals surface area (Å²) in [6.07, 6.45) is -0.321. The number of rotatable bonds is 6. The Kier molecular flexibility index (Phi) is 6.87. The zero-order valence-electron chi connectivity index (χ0n) is 18.1. The Morgan fingerprint density at radius 2 is 1.85 bits per heavy atom. The number of methoxy groups -OCH3 is 1. The van der Waals surface area contributed by atoms with E-state index >= 15 is 0 Å². The summed E-state index contributed by atoms with van der Waals surface area (Å²) in [5, 5.41) is 3.51. The molecular formula is C25H23F3N2O3. The lowest BCUT2D eigenvalue weighted by atomic mass is 9.95. The van der Waals surface area contributed by atoms with Crippen LogP contribution in [-0.2, 0) is 12.6 Å². The molecule has 0 spiro atoms. The number of ether oxygens (including phenoxy) is 2. The highest BCUT2D eigenvalue weighted by Gasteiger charge is 2.38. The predicted molar refractivity (Wildman–Crippen MR) is 115 cm³/mol. The topological polar surface area (TPSA) is 57.4 Å². The second kappa shape index (κ2) is 9.99. The largest absolute Gasteiger partial charge is 0.493 e. The van der Waals surface area contributed by atoms with E-state index in [9.17, 15) is 13.2 Å². The standard InChI is InChI=1S/C25H23F3N2O3/c1-31-21-14-13-18(15-22(21)32-20-9-5-6-10-20)19(12-11-17-7-3-2-4-8-17)16-23-29-24(33-30-23)25(26,27)28/h2-4,7-8,13-15,19-20H,5-6,9-10,16H2,1H3. The second-order valence-corrected chi connectivity index (χ2v) is 7.84. The van der Waals surface area contributed by atoms with Crippen molar-refractivity contribution < 1.29 is 27.2 Å². The Hall–Kier alpha value is -3.47. The van der Waals surface area contributed by atoms with Crippen LogP contribution in [0.3, 0.4) is 0 Å². The lowest BCUT2D eigenvalue weighted by Gasteiger charge is -2.18. The fourth-order valence-electron chi connectivity index (χ4n) is 3.77. The highest BCUT2D eigenvalue weighted by Crippen LogP contribution is 2.35. The van der Waals surface area contributed by atoms with Gasteiger partial charge in [0.2, 0.25) is 0 Å². The van der Waals surface area contributed by atoms with Gasteiger partial charge in [-0.1, -0.05) is 41.3 Å². The minimum absolute atomic E-state index is 0.0502. The SMILES string of the molecule is COc1ccc(C(C#Cc2ccccc2)Cc2noc(C(F)(F)F)n2)cc1OC1CCCC1. The molecule has 1 atom stereocenters. The third-order valence-electron chi connectivity index (χ3n) is 5.45.